The van der Waals surface area contributed by atoms with Crippen LogP contribution in [0.3, 0.4) is 0 Å². The van der Waals surface area contributed by atoms with Crippen LogP contribution in [0.25, 0.3) is 5.95 Å². The third-order valence-electron chi connectivity index (χ3n) is 2.49. The number of nitrogen functional groups attached to an aromatic ring is 1. The number of amides is 1. The normalized spacial score (nSPS) is 10.6. The van der Waals surface area contributed by atoms with Gasteiger partial charge in [-0.25, -0.2) is 4.98 Å². The van der Waals surface area contributed by atoms with Crippen molar-refractivity contribution in [2.45, 2.75) is 13.8 Å². The van der Waals surface area contributed by atoms with Crippen LogP contribution in [-0.4, -0.2) is 43.5 Å². The maximum absolute atomic E-state index is 11.6. The Hall–Kier alpha value is -2.71. The highest BCUT2D eigenvalue weighted by Gasteiger charge is 2.08. The molecule has 2 aromatic rings. The lowest BCUT2D eigenvalue weighted by Gasteiger charge is -2.09. The van der Waals surface area contributed by atoms with E-state index in [1.54, 1.807) is 23.3 Å². The molecular formula is C12H18N8O. The molecule has 0 radical (unpaired) electrons. The number of nitrogens with one attached hydrogen (secondary N) is 2. The number of nitrogens with two attached hydrogens (primary N) is 1. The van der Waals surface area contributed by atoms with Gasteiger partial charge in [-0.05, 0) is 5.92 Å². The number of carbonyl (C=O) groups excluding carboxylic acids is 1. The van der Waals surface area contributed by atoms with Gasteiger partial charge in [0, 0.05) is 18.9 Å². The van der Waals surface area contributed by atoms with Gasteiger partial charge in [-0.1, -0.05) is 13.8 Å². The van der Waals surface area contributed by atoms with E-state index in [0.717, 1.165) is 0 Å². The highest BCUT2D eigenvalue weighted by Crippen LogP contribution is 2.06. The Morgan fingerprint density at radius 2 is 2.19 bits per heavy atom. The van der Waals surface area contributed by atoms with Crippen LogP contribution in [0.15, 0.2) is 18.7 Å². The molecule has 0 unspecified atom stereocenters. The molecule has 2 rings (SSSR count). The van der Waals surface area contributed by atoms with Gasteiger partial charge in [0.05, 0.1) is 6.54 Å². The summed E-state index contributed by atoms with van der Waals surface area (Å²) in [6.07, 6.45) is 4.84. The lowest BCUT2D eigenvalue weighted by Crippen LogP contribution is -2.33. The number of hydrogen-bond acceptors (Lipinski definition) is 7. The molecule has 4 N–H and O–H groups in total. The first kappa shape index (κ1) is 14.7. The second-order valence-electron chi connectivity index (χ2n) is 4.84. The molecule has 0 saturated carbocycles. The van der Waals surface area contributed by atoms with Gasteiger partial charge in [-0.15, -0.1) is 0 Å². The molecule has 0 spiro atoms. The number of hydrogen-bond donors (Lipinski definition) is 3. The van der Waals surface area contributed by atoms with Gasteiger partial charge in [-0.2, -0.15) is 15.0 Å². The lowest BCUT2D eigenvalue weighted by molar-refractivity contribution is -0.119. The third kappa shape index (κ3) is 4.41. The highest BCUT2D eigenvalue weighted by molar-refractivity contribution is 5.80. The molecule has 9 nitrogen and oxygen atoms in total. The predicted molar refractivity (Wildman–Crippen MR) is 77.7 cm³/mol. The molecule has 2 heterocycles. The predicted octanol–water partition coefficient (Wildman–Crippen LogP) is -0.176. The van der Waals surface area contributed by atoms with Crippen molar-refractivity contribution in [3.05, 3.63) is 18.7 Å². The van der Waals surface area contributed by atoms with E-state index in [1.165, 1.54) is 0 Å². The summed E-state index contributed by atoms with van der Waals surface area (Å²) in [6, 6.07) is 0. The summed E-state index contributed by atoms with van der Waals surface area (Å²) in [5.41, 5.74) is 5.63. The largest absolute Gasteiger partial charge is 0.368 e. The summed E-state index contributed by atoms with van der Waals surface area (Å²) < 4.78 is 1.60. The Kier molecular flexibility index (Phi) is 4.64. The van der Waals surface area contributed by atoms with Crippen LogP contribution in [0.5, 0.6) is 0 Å². The third-order valence-corrected chi connectivity index (χ3v) is 2.49. The van der Waals surface area contributed by atoms with Gasteiger partial charge in [0.1, 0.15) is 6.33 Å². The van der Waals surface area contributed by atoms with E-state index >= 15 is 0 Å². The quantitative estimate of drug-likeness (QED) is 0.674. The maximum atomic E-state index is 11.6. The molecule has 0 aliphatic rings. The Bertz CT molecular complexity index is 595. The van der Waals surface area contributed by atoms with Crippen molar-refractivity contribution in [1.82, 2.24) is 29.8 Å². The fourth-order valence-electron chi connectivity index (χ4n) is 1.49. The van der Waals surface area contributed by atoms with E-state index in [4.69, 9.17) is 5.73 Å². The summed E-state index contributed by atoms with van der Waals surface area (Å²) in [7, 11) is 0. The van der Waals surface area contributed by atoms with Crippen molar-refractivity contribution >= 4 is 17.8 Å². The minimum absolute atomic E-state index is 0.0683. The molecule has 0 fully saturated rings. The van der Waals surface area contributed by atoms with Crippen molar-refractivity contribution in [1.29, 1.82) is 0 Å². The fraction of sp³-hybridized carbons (Fsp3) is 0.417. The summed E-state index contributed by atoms with van der Waals surface area (Å²) in [5.74, 6) is 0.913. The van der Waals surface area contributed by atoms with Gasteiger partial charge >= 0.3 is 0 Å². The number of aromatic nitrogens is 5. The zero-order valence-electron chi connectivity index (χ0n) is 11.9. The summed E-state index contributed by atoms with van der Waals surface area (Å²) >= 11 is 0. The molecule has 9 heteroatoms. The van der Waals surface area contributed by atoms with E-state index in [0.29, 0.717) is 18.4 Å². The number of carbonyl (C=O) groups is 1. The van der Waals surface area contributed by atoms with E-state index in [1.807, 2.05) is 13.8 Å². The van der Waals surface area contributed by atoms with Crippen molar-refractivity contribution in [2.24, 2.45) is 5.92 Å². The fourth-order valence-corrected chi connectivity index (χ4v) is 1.49. The highest BCUT2D eigenvalue weighted by atomic mass is 16.1. The van der Waals surface area contributed by atoms with Gasteiger partial charge in [0.2, 0.25) is 23.8 Å². The first-order valence-electron chi connectivity index (χ1n) is 6.55. The first-order valence-corrected chi connectivity index (χ1v) is 6.55. The Labute approximate surface area is 122 Å². The minimum atomic E-state index is -0.133. The van der Waals surface area contributed by atoms with Crippen LogP contribution in [0.2, 0.25) is 0 Å². The molecule has 0 atom stereocenters. The van der Waals surface area contributed by atoms with Gasteiger partial charge < -0.3 is 16.4 Å². The molecule has 0 bridgehead atoms. The smallest absolute Gasteiger partial charge is 0.241 e. The van der Waals surface area contributed by atoms with Gasteiger partial charge in [-0.3, -0.25) is 9.36 Å². The van der Waals surface area contributed by atoms with E-state index in [2.05, 4.69) is 30.6 Å². The molecular weight excluding hydrogens is 272 g/mol. The second-order valence-corrected chi connectivity index (χ2v) is 4.84. The van der Waals surface area contributed by atoms with Crippen molar-refractivity contribution < 1.29 is 4.79 Å². The number of nitrogens with zero attached hydrogens (tertiary/aromatic N) is 5. The van der Waals surface area contributed by atoms with E-state index in [-0.39, 0.29) is 24.3 Å². The summed E-state index contributed by atoms with van der Waals surface area (Å²) in [6.45, 7) is 4.75. The zero-order valence-corrected chi connectivity index (χ0v) is 11.9. The maximum Gasteiger partial charge on any atom is 0.241 e. The van der Waals surface area contributed by atoms with Crippen LogP contribution < -0.4 is 16.4 Å². The van der Waals surface area contributed by atoms with Crippen LogP contribution >= 0.6 is 0 Å². The average molecular weight is 290 g/mol. The van der Waals surface area contributed by atoms with E-state index < -0.39 is 0 Å². The van der Waals surface area contributed by atoms with Crippen LogP contribution in [-0.2, 0) is 4.79 Å². The Balaban J connectivity index is 1.99. The van der Waals surface area contributed by atoms with Crippen LogP contribution in [0.4, 0.5) is 11.9 Å². The molecule has 112 valence electrons. The van der Waals surface area contributed by atoms with Gasteiger partial charge in [0.15, 0.2) is 0 Å². The van der Waals surface area contributed by atoms with Crippen LogP contribution in [0, 0.1) is 5.92 Å². The van der Waals surface area contributed by atoms with E-state index in [9.17, 15) is 4.79 Å². The molecule has 2 aromatic heterocycles. The number of anilines is 2. The molecule has 21 heavy (non-hydrogen) atoms. The topological polar surface area (TPSA) is 124 Å². The SMILES string of the molecule is CC(C)CNC(=O)CNc1nc(N)nc(-n2ccnc2)n1. The Morgan fingerprint density at radius 3 is 2.86 bits per heavy atom. The van der Waals surface area contributed by atoms with Crippen LogP contribution in [0.1, 0.15) is 13.8 Å². The molecule has 0 aliphatic heterocycles. The van der Waals surface area contributed by atoms with Crippen molar-refractivity contribution in [2.75, 3.05) is 24.1 Å². The molecule has 0 aliphatic carbocycles. The number of rotatable bonds is 6. The average Bonchev–Trinajstić information content (AvgIpc) is 2.96. The summed E-state index contributed by atoms with van der Waals surface area (Å²) in [5, 5.41) is 5.61. The standard InChI is InChI=1S/C12H18N8O/c1-8(2)5-15-9(21)6-16-11-17-10(13)18-12(19-11)20-4-3-14-7-20/h3-4,7-8H,5-6H2,1-2H3,(H,15,21)(H3,13,16,17,18,19). The molecule has 0 saturated heterocycles. The number of imidazole rings is 1. The monoisotopic (exact) mass is 290 g/mol. The van der Waals surface area contributed by atoms with Crippen molar-refractivity contribution in [3.8, 4) is 5.95 Å². The zero-order chi connectivity index (χ0) is 15.2. The first-order chi connectivity index (χ1) is 10.0. The Morgan fingerprint density at radius 1 is 1.38 bits per heavy atom. The minimum Gasteiger partial charge on any atom is -0.368 e. The summed E-state index contributed by atoms with van der Waals surface area (Å²) in [4.78, 5) is 27.7. The van der Waals surface area contributed by atoms with Gasteiger partial charge in [0.25, 0.3) is 0 Å². The molecule has 1 amide bonds. The lowest BCUT2D eigenvalue weighted by atomic mass is 10.2. The second kappa shape index (κ2) is 6.64. The van der Waals surface area contributed by atoms with Crippen molar-refractivity contribution in [3.63, 3.8) is 0 Å². The molecule has 0 aromatic carbocycles.